The van der Waals surface area contributed by atoms with Crippen molar-refractivity contribution in [2.24, 2.45) is 0 Å². The lowest BCUT2D eigenvalue weighted by Gasteiger charge is -2.15. The Bertz CT molecular complexity index is 672. The van der Waals surface area contributed by atoms with Crippen LogP contribution in [0.1, 0.15) is 35.1 Å². The first-order valence-electron chi connectivity index (χ1n) is 7.64. The third kappa shape index (κ3) is 3.16. The van der Waals surface area contributed by atoms with E-state index in [1.807, 2.05) is 6.07 Å². The van der Waals surface area contributed by atoms with Gasteiger partial charge in [-0.1, -0.05) is 18.2 Å². The molecule has 0 aliphatic heterocycles. The number of halogens is 1. The molecule has 21 heavy (non-hydrogen) atoms. The van der Waals surface area contributed by atoms with Crippen LogP contribution in [0.3, 0.4) is 0 Å². The van der Waals surface area contributed by atoms with Crippen LogP contribution >= 0.6 is 0 Å². The lowest BCUT2D eigenvalue weighted by molar-refractivity contribution is 0.620. The van der Waals surface area contributed by atoms with Crippen molar-refractivity contribution in [3.63, 3.8) is 0 Å². The number of rotatable bonds is 4. The number of nitrogens with one attached hydrogen (secondary N) is 1. The first-order valence-corrected chi connectivity index (χ1v) is 7.64. The summed E-state index contributed by atoms with van der Waals surface area (Å²) in [6.07, 6.45) is 2.49. The van der Waals surface area contributed by atoms with Crippen molar-refractivity contribution in [2.75, 3.05) is 0 Å². The Balaban J connectivity index is 2.02. The average molecular weight is 283 g/mol. The molecule has 1 saturated carbocycles. The summed E-state index contributed by atoms with van der Waals surface area (Å²) in [5, 5.41) is 3.49. The van der Waals surface area contributed by atoms with Crippen molar-refractivity contribution < 1.29 is 4.39 Å². The maximum absolute atomic E-state index is 13.6. The Morgan fingerprint density at radius 2 is 1.67 bits per heavy atom. The number of hydrogen-bond donors (Lipinski definition) is 1. The van der Waals surface area contributed by atoms with Gasteiger partial charge in [0.1, 0.15) is 5.82 Å². The smallest absolute Gasteiger partial charge is 0.123 e. The first kappa shape index (κ1) is 14.3. The van der Waals surface area contributed by atoms with E-state index in [2.05, 4.69) is 38.2 Å². The highest BCUT2D eigenvalue weighted by atomic mass is 19.1. The molecule has 0 aromatic heterocycles. The molecule has 0 radical (unpaired) electrons. The highest BCUT2D eigenvalue weighted by Gasteiger charge is 2.21. The minimum atomic E-state index is -0.159. The summed E-state index contributed by atoms with van der Waals surface area (Å²) in [6.45, 7) is 7.13. The normalized spacial score (nSPS) is 14.5. The Kier molecular flexibility index (Phi) is 3.81. The van der Waals surface area contributed by atoms with E-state index in [9.17, 15) is 4.39 Å². The zero-order valence-corrected chi connectivity index (χ0v) is 13.0. The molecule has 1 aliphatic carbocycles. The predicted octanol–water partition coefficient (Wildman–Crippen LogP) is 4.67. The van der Waals surface area contributed by atoms with Crippen LogP contribution in [0.2, 0.25) is 0 Å². The van der Waals surface area contributed by atoms with Crippen LogP contribution in [0.25, 0.3) is 11.1 Å². The van der Waals surface area contributed by atoms with Gasteiger partial charge in [-0.15, -0.1) is 0 Å². The van der Waals surface area contributed by atoms with Gasteiger partial charge in [0.25, 0.3) is 0 Å². The summed E-state index contributed by atoms with van der Waals surface area (Å²) < 4.78 is 13.6. The highest BCUT2D eigenvalue weighted by molar-refractivity contribution is 5.72. The topological polar surface area (TPSA) is 12.0 Å². The monoisotopic (exact) mass is 283 g/mol. The van der Waals surface area contributed by atoms with Gasteiger partial charge in [-0.2, -0.15) is 0 Å². The number of benzene rings is 2. The molecule has 0 unspecified atom stereocenters. The second-order valence-electron chi connectivity index (χ2n) is 6.21. The second kappa shape index (κ2) is 5.61. The van der Waals surface area contributed by atoms with Gasteiger partial charge in [0.15, 0.2) is 0 Å². The van der Waals surface area contributed by atoms with Crippen molar-refractivity contribution in [2.45, 2.75) is 46.2 Å². The fourth-order valence-electron chi connectivity index (χ4n) is 2.76. The van der Waals surface area contributed by atoms with E-state index in [1.165, 1.54) is 35.1 Å². The van der Waals surface area contributed by atoms with Gasteiger partial charge in [0, 0.05) is 12.6 Å². The molecule has 2 aromatic carbocycles. The summed E-state index contributed by atoms with van der Waals surface area (Å²) in [5.74, 6) is -0.159. The molecule has 0 atom stereocenters. The molecule has 1 fully saturated rings. The predicted molar refractivity (Wildman–Crippen MR) is 85.9 cm³/mol. The molecule has 0 spiro atoms. The molecular weight excluding hydrogens is 261 g/mol. The summed E-state index contributed by atoms with van der Waals surface area (Å²) in [4.78, 5) is 0. The molecule has 0 heterocycles. The largest absolute Gasteiger partial charge is 0.310 e. The lowest BCUT2D eigenvalue weighted by atomic mass is 9.92. The highest BCUT2D eigenvalue weighted by Crippen LogP contribution is 2.30. The van der Waals surface area contributed by atoms with Crippen LogP contribution in [-0.2, 0) is 6.54 Å². The summed E-state index contributed by atoms with van der Waals surface area (Å²) in [7, 11) is 0. The maximum Gasteiger partial charge on any atom is 0.123 e. The van der Waals surface area contributed by atoms with E-state index in [4.69, 9.17) is 0 Å². The average Bonchev–Trinajstić information content (AvgIpc) is 3.25. The number of aryl methyl sites for hydroxylation is 3. The Morgan fingerprint density at radius 1 is 0.952 bits per heavy atom. The Morgan fingerprint density at radius 3 is 2.38 bits per heavy atom. The molecule has 2 aromatic rings. The Labute approximate surface area is 126 Å². The van der Waals surface area contributed by atoms with Gasteiger partial charge in [0.2, 0.25) is 0 Å². The third-order valence-corrected chi connectivity index (χ3v) is 4.36. The Hall–Kier alpha value is -1.67. The quantitative estimate of drug-likeness (QED) is 0.859. The molecule has 2 heteroatoms. The lowest BCUT2D eigenvalue weighted by Crippen LogP contribution is -2.16. The SMILES string of the molecule is Cc1cc(C)c(-c2ccc(F)cc2CNC2CC2)cc1C. The molecule has 3 rings (SSSR count). The summed E-state index contributed by atoms with van der Waals surface area (Å²) >= 11 is 0. The van der Waals surface area contributed by atoms with Crippen molar-refractivity contribution in [1.29, 1.82) is 0 Å². The van der Waals surface area contributed by atoms with E-state index in [1.54, 1.807) is 12.1 Å². The van der Waals surface area contributed by atoms with E-state index in [0.29, 0.717) is 6.04 Å². The minimum absolute atomic E-state index is 0.159. The van der Waals surface area contributed by atoms with Crippen LogP contribution in [-0.4, -0.2) is 6.04 Å². The maximum atomic E-state index is 13.6. The summed E-state index contributed by atoms with van der Waals surface area (Å²) in [6, 6.07) is 10.2. The van der Waals surface area contributed by atoms with Crippen LogP contribution in [0.5, 0.6) is 0 Å². The molecule has 0 saturated heterocycles. The molecule has 1 nitrogen and oxygen atoms in total. The first-order chi connectivity index (χ1) is 10.0. The molecular formula is C19H22FN. The van der Waals surface area contributed by atoms with Gasteiger partial charge >= 0.3 is 0 Å². The standard InChI is InChI=1S/C19H22FN/c1-12-8-14(3)19(9-13(12)2)18-7-4-16(20)10-15(18)11-21-17-5-6-17/h4,7-10,17,21H,5-6,11H2,1-3H3. The van der Waals surface area contributed by atoms with Gasteiger partial charge in [0.05, 0.1) is 0 Å². The van der Waals surface area contributed by atoms with Crippen molar-refractivity contribution >= 4 is 0 Å². The fourth-order valence-corrected chi connectivity index (χ4v) is 2.76. The molecule has 0 bridgehead atoms. The van der Waals surface area contributed by atoms with Gasteiger partial charge in [-0.25, -0.2) is 4.39 Å². The van der Waals surface area contributed by atoms with Crippen LogP contribution in [0, 0.1) is 26.6 Å². The third-order valence-electron chi connectivity index (χ3n) is 4.36. The second-order valence-corrected chi connectivity index (χ2v) is 6.21. The molecule has 0 amide bonds. The van der Waals surface area contributed by atoms with Gasteiger partial charge < -0.3 is 5.32 Å². The zero-order valence-electron chi connectivity index (χ0n) is 13.0. The van der Waals surface area contributed by atoms with E-state index in [-0.39, 0.29) is 5.82 Å². The van der Waals surface area contributed by atoms with Crippen LogP contribution in [0.4, 0.5) is 4.39 Å². The van der Waals surface area contributed by atoms with E-state index < -0.39 is 0 Å². The number of hydrogen-bond acceptors (Lipinski definition) is 1. The molecule has 1 aliphatic rings. The zero-order chi connectivity index (χ0) is 15.0. The molecule has 1 N–H and O–H groups in total. The van der Waals surface area contributed by atoms with E-state index >= 15 is 0 Å². The van der Waals surface area contributed by atoms with Gasteiger partial charge in [-0.3, -0.25) is 0 Å². The van der Waals surface area contributed by atoms with Crippen LogP contribution in [0.15, 0.2) is 30.3 Å². The van der Waals surface area contributed by atoms with Crippen LogP contribution < -0.4 is 5.32 Å². The van der Waals surface area contributed by atoms with Gasteiger partial charge in [-0.05, 0) is 79.1 Å². The van der Waals surface area contributed by atoms with E-state index in [0.717, 1.165) is 17.7 Å². The summed E-state index contributed by atoms with van der Waals surface area (Å²) in [5.41, 5.74) is 7.23. The van der Waals surface area contributed by atoms with Crippen molar-refractivity contribution in [3.05, 3.63) is 58.4 Å². The molecule has 110 valence electrons. The minimum Gasteiger partial charge on any atom is -0.310 e. The fraction of sp³-hybridized carbons (Fsp3) is 0.368. The van der Waals surface area contributed by atoms with Crippen molar-refractivity contribution in [3.8, 4) is 11.1 Å². The van der Waals surface area contributed by atoms with Crippen molar-refractivity contribution in [1.82, 2.24) is 5.32 Å².